The highest BCUT2D eigenvalue weighted by Crippen LogP contribution is 2.14. The van der Waals surface area contributed by atoms with Crippen LogP contribution in [0.1, 0.15) is 5.69 Å². The number of ether oxygens (including phenoxy) is 1. The monoisotopic (exact) mass is 343 g/mol. The molecule has 2 aromatic rings. The molecule has 0 fully saturated rings. The summed E-state index contributed by atoms with van der Waals surface area (Å²) in [6, 6.07) is 5.68. The Balaban J connectivity index is 1.95. The SMILES string of the molecule is Cc1c(NS(=O)(=O)N(C)C)nnn1CCOc1ccc(F)cc1. The van der Waals surface area contributed by atoms with Crippen LogP contribution in [-0.4, -0.2) is 48.4 Å². The maximum absolute atomic E-state index is 12.8. The van der Waals surface area contributed by atoms with E-state index in [4.69, 9.17) is 4.74 Å². The molecule has 0 spiro atoms. The van der Waals surface area contributed by atoms with Crippen molar-refractivity contribution in [2.24, 2.45) is 0 Å². The van der Waals surface area contributed by atoms with Gasteiger partial charge in [0, 0.05) is 14.1 Å². The lowest BCUT2D eigenvalue weighted by molar-refractivity contribution is 0.288. The Bertz CT molecular complexity index is 758. The minimum atomic E-state index is -3.63. The third kappa shape index (κ3) is 4.39. The Morgan fingerprint density at radius 2 is 1.96 bits per heavy atom. The highest BCUT2D eigenvalue weighted by Gasteiger charge is 2.18. The van der Waals surface area contributed by atoms with Crippen LogP contribution in [0.15, 0.2) is 24.3 Å². The molecule has 0 amide bonds. The van der Waals surface area contributed by atoms with Crippen molar-refractivity contribution in [2.45, 2.75) is 13.5 Å². The van der Waals surface area contributed by atoms with Gasteiger partial charge in [-0.25, -0.2) is 9.07 Å². The number of benzene rings is 1. The maximum atomic E-state index is 12.8. The zero-order valence-corrected chi connectivity index (χ0v) is 13.8. The zero-order valence-electron chi connectivity index (χ0n) is 13.0. The summed E-state index contributed by atoms with van der Waals surface area (Å²) < 4.78 is 46.7. The second kappa shape index (κ2) is 6.92. The number of aromatic nitrogens is 3. The number of hydrogen-bond donors (Lipinski definition) is 1. The van der Waals surface area contributed by atoms with Crippen LogP contribution in [0.5, 0.6) is 5.75 Å². The Morgan fingerprint density at radius 3 is 2.57 bits per heavy atom. The minimum Gasteiger partial charge on any atom is -0.492 e. The van der Waals surface area contributed by atoms with Gasteiger partial charge in [-0.05, 0) is 31.2 Å². The first-order valence-corrected chi connectivity index (χ1v) is 8.22. The lowest BCUT2D eigenvalue weighted by atomic mass is 10.3. The van der Waals surface area contributed by atoms with E-state index in [-0.39, 0.29) is 18.2 Å². The number of halogens is 1. The lowest BCUT2D eigenvalue weighted by Gasteiger charge is -2.12. The summed E-state index contributed by atoms with van der Waals surface area (Å²) in [6.07, 6.45) is 0. The molecule has 10 heteroatoms. The first-order valence-electron chi connectivity index (χ1n) is 6.78. The highest BCUT2D eigenvalue weighted by molar-refractivity contribution is 7.90. The largest absolute Gasteiger partial charge is 0.492 e. The van der Waals surface area contributed by atoms with Crippen LogP contribution >= 0.6 is 0 Å². The van der Waals surface area contributed by atoms with Gasteiger partial charge < -0.3 is 4.74 Å². The van der Waals surface area contributed by atoms with Crippen molar-refractivity contribution in [3.05, 3.63) is 35.8 Å². The van der Waals surface area contributed by atoms with E-state index in [0.29, 0.717) is 18.0 Å². The second-order valence-corrected chi connectivity index (χ2v) is 6.82. The van der Waals surface area contributed by atoms with Crippen LogP contribution in [0, 0.1) is 12.7 Å². The van der Waals surface area contributed by atoms with Crippen LogP contribution in [0.3, 0.4) is 0 Å². The quantitative estimate of drug-likeness (QED) is 0.811. The van der Waals surface area contributed by atoms with E-state index < -0.39 is 10.2 Å². The molecule has 0 aliphatic rings. The minimum absolute atomic E-state index is 0.167. The summed E-state index contributed by atoms with van der Waals surface area (Å²) in [6.45, 7) is 2.36. The van der Waals surface area contributed by atoms with Crippen molar-refractivity contribution in [3.8, 4) is 5.75 Å². The number of nitrogens with zero attached hydrogens (tertiary/aromatic N) is 4. The summed E-state index contributed by atoms with van der Waals surface area (Å²) in [5, 5.41) is 7.70. The van der Waals surface area contributed by atoms with Gasteiger partial charge in [0.25, 0.3) is 0 Å². The van der Waals surface area contributed by atoms with E-state index in [9.17, 15) is 12.8 Å². The van der Waals surface area contributed by atoms with Crippen molar-refractivity contribution >= 4 is 16.0 Å². The maximum Gasteiger partial charge on any atom is 0.302 e. The summed E-state index contributed by atoms with van der Waals surface area (Å²) in [5.41, 5.74) is 0.568. The van der Waals surface area contributed by atoms with Gasteiger partial charge in [0.05, 0.1) is 12.2 Å². The van der Waals surface area contributed by atoms with E-state index in [2.05, 4.69) is 15.0 Å². The molecule has 1 N–H and O–H groups in total. The molecule has 23 heavy (non-hydrogen) atoms. The third-order valence-corrected chi connectivity index (χ3v) is 4.49. The highest BCUT2D eigenvalue weighted by atomic mass is 32.2. The molecule has 0 radical (unpaired) electrons. The molecule has 1 heterocycles. The van der Waals surface area contributed by atoms with Gasteiger partial charge in [-0.1, -0.05) is 5.21 Å². The fourth-order valence-electron chi connectivity index (χ4n) is 1.66. The van der Waals surface area contributed by atoms with Gasteiger partial charge in [0.2, 0.25) is 0 Å². The zero-order chi connectivity index (χ0) is 17.0. The molecule has 0 saturated heterocycles. The van der Waals surface area contributed by atoms with E-state index >= 15 is 0 Å². The Labute approximate surface area is 134 Å². The standard InChI is InChI=1S/C13H18FN5O3S/c1-10-13(16-23(20,21)18(2)3)15-17-19(10)8-9-22-12-6-4-11(14)5-7-12/h4-7,16H,8-9H2,1-3H3. The lowest BCUT2D eigenvalue weighted by Crippen LogP contribution is -2.29. The molecule has 0 aliphatic heterocycles. The van der Waals surface area contributed by atoms with Crippen molar-refractivity contribution in [3.63, 3.8) is 0 Å². The molecule has 0 unspecified atom stereocenters. The van der Waals surface area contributed by atoms with Gasteiger partial charge in [-0.15, -0.1) is 5.10 Å². The smallest absolute Gasteiger partial charge is 0.302 e. The molecular formula is C13H18FN5O3S. The topological polar surface area (TPSA) is 89.4 Å². The average Bonchev–Trinajstić information content (AvgIpc) is 2.82. The van der Waals surface area contributed by atoms with Crippen molar-refractivity contribution < 1.29 is 17.5 Å². The summed E-state index contributed by atoms with van der Waals surface area (Å²) in [7, 11) is -0.797. The van der Waals surface area contributed by atoms with Gasteiger partial charge in [-0.3, -0.25) is 4.72 Å². The number of hydrogen-bond acceptors (Lipinski definition) is 5. The summed E-state index contributed by atoms with van der Waals surface area (Å²) in [5.74, 6) is 0.375. The molecule has 0 atom stereocenters. The van der Waals surface area contributed by atoms with Crippen molar-refractivity contribution in [1.29, 1.82) is 0 Å². The predicted octanol–water partition coefficient (Wildman–Crippen LogP) is 1.02. The average molecular weight is 343 g/mol. The van der Waals surface area contributed by atoms with Crippen molar-refractivity contribution in [1.82, 2.24) is 19.3 Å². The normalized spacial score (nSPS) is 11.7. The predicted molar refractivity (Wildman–Crippen MR) is 82.9 cm³/mol. The van der Waals surface area contributed by atoms with Crippen LogP contribution in [-0.2, 0) is 16.8 Å². The molecule has 126 valence electrons. The van der Waals surface area contributed by atoms with E-state index in [1.165, 1.54) is 43.0 Å². The molecule has 1 aromatic carbocycles. The Hall–Kier alpha value is -2.20. The third-order valence-electron chi connectivity index (χ3n) is 3.07. The van der Waals surface area contributed by atoms with Gasteiger partial charge in [0.15, 0.2) is 5.82 Å². The molecule has 0 saturated carbocycles. The van der Waals surface area contributed by atoms with E-state index in [1.54, 1.807) is 6.92 Å². The van der Waals surface area contributed by atoms with Crippen LogP contribution in [0.2, 0.25) is 0 Å². The first-order chi connectivity index (χ1) is 10.8. The fourth-order valence-corrected chi connectivity index (χ4v) is 2.28. The second-order valence-electron chi connectivity index (χ2n) is 4.94. The van der Waals surface area contributed by atoms with Crippen LogP contribution < -0.4 is 9.46 Å². The Morgan fingerprint density at radius 1 is 1.30 bits per heavy atom. The number of nitrogens with one attached hydrogen (secondary N) is 1. The van der Waals surface area contributed by atoms with Gasteiger partial charge in [-0.2, -0.15) is 12.7 Å². The van der Waals surface area contributed by atoms with E-state index in [0.717, 1.165) is 4.31 Å². The summed E-state index contributed by atoms with van der Waals surface area (Å²) in [4.78, 5) is 0. The summed E-state index contributed by atoms with van der Waals surface area (Å²) >= 11 is 0. The fraction of sp³-hybridized carbons (Fsp3) is 0.385. The van der Waals surface area contributed by atoms with Crippen molar-refractivity contribution in [2.75, 3.05) is 25.4 Å². The van der Waals surface area contributed by atoms with Crippen LogP contribution in [0.25, 0.3) is 0 Å². The molecule has 8 nitrogen and oxygen atoms in total. The molecule has 2 rings (SSSR count). The molecule has 1 aromatic heterocycles. The van der Waals surface area contributed by atoms with Gasteiger partial charge in [0.1, 0.15) is 18.2 Å². The van der Waals surface area contributed by atoms with Crippen LogP contribution in [0.4, 0.5) is 10.2 Å². The van der Waals surface area contributed by atoms with Gasteiger partial charge >= 0.3 is 10.2 Å². The number of anilines is 1. The molecule has 0 bridgehead atoms. The Kier molecular flexibility index (Phi) is 5.16. The van der Waals surface area contributed by atoms with E-state index in [1.807, 2.05) is 0 Å². The number of rotatable bonds is 7. The molecule has 0 aliphatic carbocycles. The molecular weight excluding hydrogens is 325 g/mol. The first kappa shape index (κ1) is 17.2.